The third kappa shape index (κ3) is 12.0. The summed E-state index contributed by atoms with van der Waals surface area (Å²) in [7, 11) is -3.30. The number of carbonyl (C=O) groups is 2. The maximum absolute atomic E-state index is 12.0. The number of amides is 1. The van der Waals surface area contributed by atoms with E-state index in [9.17, 15) is 18.0 Å². The number of carbonyl (C=O) groups excluding carboxylic acids is 2. The van der Waals surface area contributed by atoms with E-state index in [1.54, 1.807) is 6.92 Å². The fourth-order valence-corrected chi connectivity index (χ4v) is 5.25. The Bertz CT molecular complexity index is 1240. The highest BCUT2D eigenvalue weighted by atomic mass is 32.2. The zero-order valence-corrected chi connectivity index (χ0v) is 26.3. The molecule has 0 bridgehead atoms. The first-order valence-corrected chi connectivity index (χ1v) is 16.4. The van der Waals surface area contributed by atoms with E-state index in [-0.39, 0.29) is 23.5 Å². The van der Waals surface area contributed by atoms with E-state index in [2.05, 4.69) is 30.6 Å². The summed E-state index contributed by atoms with van der Waals surface area (Å²) in [5.74, 6) is 0.508. The lowest BCUT2D eigenvalue weighted by Crippen LogP contribution is -2.28. The third-order valence-corrected chi connectivity index (χ3v) is 8.28. The molecule has 0 radical (unpaired) electrons. The fourth-order valence-electron chi connectivity index (χ4n) is 3.89. The van der Waals surface area contributed by atoms with Gasteiger partial charge in [0, 0.05) is 34.4 Å². The molecular weight excluding hydrogens is 567 g/mol. The minimum Gasteiger partial charge on any atom is -0.494 e. The van der Waals surface area contributed by atoms with Crippen LogP contribution in [0.3, 0.4) is 0 Å². The van der Waals surface area contributed by atoms with Gasteiger partial charge >= 0.3 is 0 Å². The van der Waals surface area contributed by atoms with Gasteiger partial charge in [0.15, 0.2) is 15.6 Å². The van der Waals surface area contributed by atoms with Crippen LogP contribution in [0.25, 0.3) is 9.81 Å². The van der Waals surface area contributed by atoms with Gasteiger partial charge < -0.3 is 14.8 Å². The van der Waals surface area contributed by atoms with E-state index in [1.165, 1.54) is 0 Å². The molecule has 0 saturated heterocycles. The number of ketones is 1. The average molecular weight is 608 g/mol. The molecular formula is C30H41NO6S3. The van der Waals surface area contributed by atoms with Crippen molar-refractivity contribution in [1.82, 2.24) is 5.32 Å². The molecule has 2 aromatic carbocycles. The maximum atomic E-state index is 12.0. The second kappa shape index (κ2) is 16.7. The molecule has 0 spiro atoms. The van der Waals surface area contributed by atoms with E-state index in [0.717, 1.165) is 45.8 Å². The molecule has 0 aliphatic carbocycles. The van der Waals surface area contributed by atoms with Crippen LogP contribution in [-0.4, -0.2) is 51.9 Å². The fraction of sp³-hybridized carbons (Fsp3) is 0.467. The number of rotatable bonds is 17. The van der Waals surface area contributed by atoms with Crippen LogP contribution in [0.1, 0.15) is 57.6 Å². The Hall–Kier alpha value is -2.43. The van der Waals surface area contributed by atoms with Crippen molar-refractivity contribution < 1.29 is 27.5 Å². The van der Waals surface area contributed by atoms with Crippen molar-refractivity contribution in [3.05, 3.63) is 59.7 Å². The van der Waals surface area contributed by atoms with Gasteiger partial charge in [-0.05, 0) is 68.0 Å². The van der Waals surface area contributed by atoms with Gasteiger partial charge in [0.25, 0.3) is 0 Å². The second-order valence-electron chi connectivity index (χ2n) is 9.96. The zero-order chi connectivity index (χ0) is 29.7. The SMILES string of the molecule is CCNC(=O)C(C)CCCOc1ccc(C(S)=C(S)c2ccc(OCCCC(C)C(=O)CS(C)(=O)=O)cc2)cc1. The Morgan fingerprint density at radius 1 is 0.800 bits per heavy atom. The summed E-state index contributed by atoms with van der Waals surface area (Å²) in [4.78, 5) is 25.2. The van der Waals surface area contributed by atoms with Crippen LogP contribution in [0.5, 0.6) is 11.5 Å². The minimum absolute atomic E-state index is 0.0294. The first-order chi connectivity index (χ1) is 18.9. The molecule has 1 N–H and O–H groups in total. The van der Waals surface area contributed by atoms with E-state index < -0.39 is 15.6 Å². The number of hydrogen-bond donors (Lipinski definition) is 3. The van der Waals surface area contributed by atoms with Crippen molar-refractivity contribution in [3.63, 3.8) is 0 Å². The normalized spacial score (nSPS) is 13.7. The van der Waals surface area contributed by atoms with Crippen molar-refractivity contribution in [2.75, 3.05) is 31.8 Å². The molecule has 0 saturated carbocycles. The largest absolute Gasteiger partial charge is 0.494 e. The standard InChI is InChI=1S/C30H41NO6S3/c1-5-31-30(33)22(3)9-7-19-37-26-16-12-24(13-17-26)29(39)28(38)23-10-14-25(15-11-23)36-18-6-8-21(2)27(32)20-40(4,34)35/h10-17,21-22,38-39H,5-9,18-20H2,1-4H3,(H,31,33). The molecule has 0 fully saturated rings. The summed E-state index contributed by atoms with van der Waals surface area (Å²) in [6, 6.07) is 15.2. The lowest BCUT2D eigenvalue weighted by atomic mass is 10.0. The Morgan fingerprint density at radius 3 is 1.62 bits per heavy atom. The van der Waals surface area contributed by atoms with Crippen molar-refractivity contribution in [3.8, 4) is 11.5 Å². The van der Waals surface area contributed by atoms with Crippen LogP contribution in [0.4, 0.5) is 0 Å². The van der Waals surface area contributed by atoms with Gasteiger partial charge in [0.05, 0.1) is 13.2 Å². The molecule has 0 aliphatic heterocycles. The lowest BCUT2D eigenvalue weighted by Gasteiger charge is -2.12. The predicted molar refractivity (Wildman–Crippen MR) is 169 cm³/mol. The highest BCUT2D eigenvalue weighted by Gasteiger charge is 2.18. The van der Waals surface area contributed by atoms with Crippen molar-refractivity contribution in [1.29, 1.82) is 0 Å². The van der Waals surface area contributed by atoms with Crippen LogP contribution < -0.4 is 14.8 Å². The summed E-state index contributed by atoms with van der Waals surface area (Å²) in [6.45, 7) is 7.20. The quantitative estimate of drug-likeness (QED) is 0.121. The summed E-state index contributed by atoms with van der Waals surface area (Å²) < 4.78 is 34.2. The van der Waals surface area contributed by atoms with Gasteiger partial charge in [-0.15, -0.1) is 25.3 Å². The zero-order valence-electron chi connectivity index (χ0n) is 23.7. The highest BCUT2D eigenvalue weighted by molar-refractivity contribution is 7.96. The molecule has 0 heterocycles. The molecule has 0 aromatic heterocycles. The van der Waals surface area contributed by atoms with E-state index in [0.29, 0.717) is 38.3 Å². The lowest BCUT2D eigenvalue weighted by molar-refractivity contribution is -0.124. The van der Waals surface area contributed by atoms with Gasteiger partial charge in [-0.1, -0.05) is 38.1 Å². The first kappa shape index (κ1) is 33.8. The Kier molecular flexibility index (Phi) is 14.1. The van der Waals surface area contributed by atoms with E-state index in [4.69, 9.17) is 9.47 Å². The summed E-state index contributed by atoms with van der Waals surface area (Å²) in [6.07, 6.45) is 3.85. The Balaban J connectivity index is 1.83. The molecule has 2 unspecified atom stereocenters. The Labute approximate surface area is 249 Å². The molecule has 7 nitrogen and oxygen atoms in total. The molecule has 10 heteroatoms. The number of nitrogens with one attached hydrogen (secondary N) is 1. The molecule has 1 amide bonds. The van der Waals surface area contributed by atoms with Gasteiger partial charge in [-0.2, -0.15) is 0 Å². The van der Waals surface area contributed by atoms with E-state index in [1.807, 2.05) is 62.4 Å². The van der Waals surface area contributed by atoms with Gasteiger partial charge in [-0.3, -0.25) is 9.59 Å². The summed E-state index contributed by atoms with van der Waals surface area (Å²) >= 11 is 9.37. The first-order valence-electron chi connectivity index (χ1n) is 13.5. The molecule has 0 aliphatic rings. The third-order valence-electron chi connectivity index (χ3n) is 6.33. The van der Waals surface area contributed by atoms with Crippen LogP contribution >= 0.6 is 25.3 Å². The monoisotopic (exact) mass is 607 g/mol. The van der Waals surface area contributed by atoms with Gasteiger partial charge in [0.1, 0.15) is 17.3 Å². The number of ether oxygens (including phenoxy) is 2. The number of thiol groups is 2. The summed E-state index contributed by atoms with van der Waals surface area (Å²) in [5, 5.41) is 2.84. The van der Waals surface area contributed by atoms with Crippen LogP contribution in [0, 0.1) is 11.8 Å². The van der Waals surface area contributed by atoms with Crippen LogP contribution in [-0.2, 0) is 19.4 Å². The highest BCUT2D eigenvalue weighted by Crippen LogP contribution is 2.33. The number of sulfone groups is 1. The van der Waals surface area contributed by atoms with E-state index >= 15 is 0 Å². The Morgan fingerprint density at radius 2 is 1.23 bits per heavy atom. The number of Topliss-reactive ketones (excluding diaryl/α,β-unsaturated/α-hetero) is 1. The average Bonchev–Trinajstić information content (AvgIpc) is 2.92. The van der Waals surface area contributed by atoms with Gasteiger partial charge in [0.2, 0.25) is 5.91 Å². The van der Waals surface area contributed by atoms with Crippen molar-refractivity contribution >= 4 is 56.6 Å². The second-order valence-corrected chi connectivity index (χ2v) is 13.0. The molecule has 220 valence electrons. The minimum atomic E-state index is -3.30. The van der Waals surface area contributed by atoms with Crippen molar-refractivity contribution in [2.45, 2.75) is 46.5 Å². The molecule has 2 rings (SSSR count). The number of hydrogen-bond acceptors (Lipinski definition) is 8. The van der Waals surface area contributed by atoms with Crippen LogP contribution in [0.15, 0.2) is 48.5 Å². The van der Waals surface area contributed by atoms with Gasteiger partial charge in [-0.25, -0.2) is 8.42 Å². The van der Waals surface area contributed by atoms with Crippen molar-refractivity contribution in [2.24, 2.45) is 11.8 Å². The molecule has 2 atom stereocenters. The summed E-state index contributed by atoms with van der Waals surface area (Å²) in [5.41, 5.74) is 1.80. The number of benzene rings is 2. The smallest absolute Gasteiger partial charge is 0.222 e. The molecule has 2 aromatic rings. The predicted octanol–water partition coefficient (Wildman–Crippen LogP) is 5.71. The maximum Gasteiger partial charge on any atom is 0.222 e. The molecule has 40 heavy (non-hydrogen) atoms. The van der Waals surface area contributed by atoms with Crippen LogP contribution in [0.2, 0.25) is 0 Å². The topological polar surface area (TPSA) is 98.8 Å².